The number of aliphatic carboxylic acids is 1. The van der Waals surface area contributed by atoms with Gasteiger partial charge in [-0.25, -0.2) is 0 Å². The van der Waals surface area contributed by atoms with Crippen LogP contribution in [0.3, 0.4) is 0 Å². The number of carboxylic acid groups (broad SMARTS) is 1. The van der Waals surface area contributed by atoms with Crippen LogP contribution in [0.4, 0.5) is 5.69 Å². The van der Waals surface area contributed by atoms with E-state index in [1.807, 2.05) is 26.0 Å². The van der Waals surface area contributed by atoms with Crippen LogP contribution in [0.2, 0.25) is 0 Å². The number of benzene rings is 1. The van der Waals surface area contributed by atoms with Crippen molar-refractivity contribution in [3.05, 3.63) is 24.3 Å². The van der Waals surface area contributed by atoms with Crippen molar-refractivity contribution in [2.45, 2.75) is 32.9 Å². The highest BCUT2D eigenvalue weighted by Crippen LogP contribution is 2.17. The van der Waals surface area contributed by atoms with Crippen molar-refractivity contribution in [2.75, 3.05) is 5.32 Å². The Morgan fingerprint density at radius 2 is 1.81 bits per heavy atom. The van der Waals surface area contributed by atoms with Crippen LogP contribution in [0.5, 0.6) is 5.75 Å². The number of anilines is 1. The summed E-state index contributed by atoms with van der Waals surface area (Å²) in [5.74, 6) is -0.0916. The summed E-state index contributed by atoms with van der Waals surface area (Å²) < 4.78 is 5.48. The van der Waals surface area contributed by atoms with Gasteiger partial charge in [0.15, 0.2) is 0 Å². The van der Waals surface area contributed by atoms with Gasteiger partial charge in [-0.1, -0.05) is 0 Å². The minimum Gasteiger partial charge on any atom is -0.491 e. The third-order valence-electron chi connectivity index (χ3n) is 1.98. The monoisotopic (exact) mass is 223 g/mol. The van der Waals surface area contributed by atoms with Crippen LogP contribution in [0, 0.1) is 0 Å². The van der Waals surface area contributed by atoms with E-state index in [0.717, 1.165) is 11.4 Å². The van der Waals surface area contributed by atoms with Crippen LogP contribution in [-0.2, 0) is 4.79 Å². The van der Waals surface area contributed by atoms with Gasteiger partial charge in [-0.3, -0.25) is 4.79 Å². The van der Waals surface area contributed by atoms with E-state index in [-0.39, 0.29) is 6.10 Å². The van der Waals surface area contributed by atoms with Crippen LogP contribution >= 0.6 is 0 Å². The van der Waals surface area contributed by atoms with E-state index in [1.54, 1.807) is 19.1 Å². The molecule has 0 saturated heterocycles. The standard InChI is InChI=1S/C12H17NO3/c1-8(2)16-11-6-4-10(5-7-11)13-9(3)12(14)15/h4-9,13H,1-3H3,(H,14,15). The van der Waals surface area contributed by atoms with E-state index in [1.165, 1.54) is 0 Å². The van der Waals surface area contributed by atoms with Gasteiger partial charge >= 0.3 is 5.97 Å². The minimum absolute atomic E-state index is 0.136. The number of hydrogen-bond donors (Lipinski definition) is 2. The Bertz CT molecular complexity index is 346. The second kappa shape index (κ2) is 5.39. The van der Waals surface area contributed by atoms with Crippen molar-refractivity contribution in [2.24, 2.45) is 0 Å². The van der Waals surface area contributed by atoms with Crippen LogP contribution < -0.4 is 10.1 Å². The lowest BCUT2D eigenvalue weighted by Crippen LogP contribution is -2.25. The molecule has 1 aromatic rings. The molecule has 0 aliphatic heterocycles. The van der Waals surface area contributed by atoms with Crippen LogP contribution in [-0.4, -0.2) is 23.2 Å². The highest BCUT2D eigenvalue weighted by Gasteiger charge is 2.09. The Kier molecular flexibility index (Phi) is 4.17. The number of rotatable bonds is 5. The van der Waals surface area contributed by atoms with Crippen molar-refractivity contribution in [1.82, 2.24) is 0 Å². The number of ether oxygens (including phenoxy) is 1. The molecule has 0 spiro atoms. The molecule has 1 aromatic carbocycles. The Morgan fingerprint density at radius 3 is 2.25 bits per heavy atom. The maximum absolute atomic E-state index is 10.6. The maximum atomic E-state index is 10.6. The third kappa shape index (κ3) is 3.81. The van der Waals surface area contributed by atoms with E-state index >= 15 is 0 Å². The third-order valence-corrected chi connectivity index (χ3v) is 1.98. The first-order valence-corrected chi connectivity index (χ1v) is 5.25. The topological polar surface area (TPSA) is 58.6 Å². The summed E-state index contributed by atoms with van der Waals surface area (Å²) in [7, 11) is 0. The second-order valence-electron chi connectivity index (χ2n) is 3.90. The minimum atomic E-state index is -0.873. The highest BCUT2D eigenvalue weighted by molar-refractivity contribution is 5.76. The predicted molar refractivity (Wildman–Crippen MR) is 62.9 cm³/mol. The number of hydrogen-bond acceptors (Lipinski definition) is 3. The van der Waals surface area contributed by atoms with Gasteiger partial charge in [0.2, 0.25) is 0 Å². The van der Waals surface area contributed by atoms with Gasteiger partial charge in [0.05, 0.1) is 6.10 Å². The summed E-state index contributed by atoms with van der Waals surface area (Å²) in [5.41, 5.74) is 0.769. The molecule has 1 atom stereocenters. The fraction of sp³-hybridized carbons (Fsp3) is 0.417. The van der Waals surface area contributed by atoms with Gasteiger partial charge in [0.1, 0.15) is 11.8 Å². The average molecular weight is 223 g/mol. The summed E-state index contributed by atoms with van der Waals surface area (Å²) in [6, 6.07) is 6.64. The van der Waals surface area contributed by atoms with E-state index in [0.29, 0.717) is 0 Å². The molecule has 0 saturated carbocycles. The Labute approximate surface area is 95.2 Å². The first kappa shape index (κ1) is 12.4. The predicted octanol–water partition coefficient (Wildman–Crippen LogP) is 2.36. The molecule has 4 nitrogen and oxygen atoms in total. The van der Waals surface area contributed by atoms with E-state index < -0.39 is 12.0 Å². The summed E-state index contributed by atoms with van der Waals surface area (Å²) in [5, 5.41) is 11.6. The van der Waals surface area contributed by atoms with Gasteiger partial charge in [0.25, 0.3) is 0 Å². The van der Waals surface area contributed by atoms with Gasteiger partial charge in [0, 0.05) is 5.69 Å². The van der Waals surface area contributed by atoms with Crippen LogP contribution in [0.25, 0.3) is 0 Å². The molecule has 0 heterocycles. The molecule has 1 unspecified atom stereocenters. The molecule has 0 radical (unpaired) electrons. The molecule has 2 N–H and O–H groups in total. The largest absolute Gasteiger partial charge is 0.491 e. The fourth-order valence-electron chi connectivity index (χ4n) is 1.21. The Balaban J connectivity index is 2.61. The normalized spacial score (nSPS) is 12.2. The fourth-order valence-corrected chi connectivity index (χ4v) is 1.21. The summed E-state index contributed by atoms with van der Waals surface area (Å²) in [6.45, 7) is 5.51. The van der Waals surface area contributed by atoms with Gasteiger partial charge in [-0.2, -0.15) is 0 Å². The lowest BCUT2D eigenvalue weighted by molar-refractivity contribution is -0.137. The average Bonchev–Trinajstić information content (AvgIpc) is 2.20. The lowest BCUT2D eigenvalue weighted by Gasteiger charge is -2.13. The highest BCUT2D eigenvalue weighted by atomic mass is 16.5. The molecule has 1 rings (SSSR count). The molecule has 0 amide bonds. The summed E-state index contributed by atoms with van der Waals surface area (Å²) in [6.07, 6.45) is 0.136. The zero-order valence-electron chi connectivity index (χ0n) is 9.73. The number of nitrogens with one attached hydrogen (secondary N) is 1. The maximum Gasteiger partial charge on any atom is 0.325 e. The summed E-state index contributed by atoms with van der Waals surface area (Å²) in [4.78, 5) is 10.6. The molecule has 4 heteroatoms. The first-order chi connectivity index (χ1) is 7.49. The van der Waals surface area contributed by atoms with Crippen molar-refractivity contribution >= 4 is 11.7 Å². The lowest BCUT2D eigenvalue weighted by atomic mass is 10.2. The first-order valence-electron chi connectivity index (χ1n) is 5.25. The molecule has 0 bridgehead atoms. The molecule has 0 aliphatic rings. The Morgan fingerprint density at radius 1 is 1.25 bits per heavy atom. The van der Waals surface area contributed by atoms with Crippen LogP contribution in [0.1, 0.15) is 20.8 Å². The van der Waals surface area contributed by atoms with Gasteiger partial charge in [-0.15, -0.1) is 0 Å². The van der Waals surface area contributed by atoms with E-state index in [9.17, 15) is 4.79 Å². The molecule has 0 aliphatic carbocycles. The number of carboxylic acids is 1. The zero-order chi connectivity index (χ0) is 12.1. The molecule has 16 heavy (non-hydrogen) atoms. The van der Waals surface area contributed by atoms with Crippen molar-refractivity contribution in [1.29, 1.82) is 0 Å². The molecular weight excluding hydrogens is 206 g/mol. The van der Waals surface area contributed by atoms with Crippen molar-refractivity contribution in [3.8, 4) is 5.75 Å². The molecule has 0 aromatic heterocycles. The van der Waals surface area contributed by atoms with Gasteiger partial charge in [-0.05, 0) is 45.0 Å². The summed E-state index contributed by atoms with van der Waals surface area (Å²) >= 11 is 0. The van der Waals surface area contributed by atoms with Crippen LogP contribution in [0.15, 0.2) is 24.3 Å². The number of carbonyl (C=O) groups is 1. The van der Waals surface area contributed by atoms with Gasteiger partial charge < -0.3 is 15.2 Å². The smallest absolute Gasteiger partial charge is 0.325 e. The quantitative estimate of drug-likeness (QED) is 0.804. The molecule has 0 fully saturated rings. The van der Waals surface area contributed by atoms with Crippen molar-refractivity contribution < 1.29 is 14.6 Å². The van der Waals surface area contributed by atoms with E-state index in [2.05, 4.69) is 5.32 Å². The van der Waals surface area contributed by atoms with E-state index in [4.69, 9.17) is 9.84 Å². The molecule has 88 valence electrons. The Hall–Kier alpha value is -1.71. The molecular formula is C12H17NO3. The zero-order valence-corrected chi connectivity index (χ0v) is 9.73. The SMILES string of the molecule is CC(C)Oc1ccc(NC(C)C(=O)O)cc1. The second-order valence-corrected chi connectivity index (χ2v) is 3.90. The van der Waals surface area contributed by atoms with Crippen molar-refractivity contribution in [3.63, 3.8) is 0 Å².